The van der Waals surface area contributed by atoms with Crippen molar-refractivity contribution in [3.8, 4) is 0 Å². The summed E-state index contributed by atoms with van der Waals surface area (Å²) in [6.07, 6.45) is 6.09. The maximum Gasteiger partial charge on any atom is 0.222 e. The minimum atomic E-state index is 0.325. The summed E-state index contributed by atoms with van der Waals surface area (Å²) in [6.45, 7) is 1.79. The summed E-state index contributed by atoms with van der Waals surface area (Å²) in [4.78, 5) is 13.8. The second-order valence-electron chi connectivity index (χ2n) is 5.37. The van der Waals surface area contributed by atoms with Crippen LogP contribution in [0, 0.1) is 0 Å². The van der Waals surface area contributed by atoms with E-state index in [1.54, 1.807) is 0 Å². The first-order valence-corrected chi connectivity index (χ1v) is 7.06. The molecule has 0 spiro atoms. The third kappa shape index (κ3) is 2.37. The monoisotopic (exact) mass is 256 g/mol. The molecule has 1 fully saturated rings. The van der Waals surface area contributed by atoms with Crippen LogP contribution in [0.1, 0.15) is 24.8 Å². The molecule has 1 aromatic heterocycles. The Bertz CT molecular complexity index is 600. The third-order valence-corrected chi connectivity index (χ3v) is 4.05. The molecule has 2 aromatic rings. The van der Waals surface area contributed by atoms with Gasteiger partial charge >= 0.3 is 0 Å². The second-order valence-corrected chi connectivity index (χ2v) is 5.37. The number of para-hydroxylation sites is 1. The number of piperidine rings is 1. The summed E-state index contributed by atoms with van der Waals surface area (Å²) in [6, 6.07) is 8.46. The number of hydrogen-bond acceptors (Lipinski definition) is 1. The average molecular weight is 256 g/mol. The Balaban J connectivity index is 1.76. The van der Waals surface area contributed by atoms with Gasteiger partial charge in [0.05, 0.1) is 0 Å². The highest BCUT2D eigenvalue weighted by Gasteiger charge is 2.18. The van der Waals surface area contributed by atoms with Gasteiger partial charge in [-0.1, -0.05) is 18.2 Å². The zero-order chi connectivity index (χ0) is 13.2. The van der Waals surface area contributed by atoms with Crippen molar-refractivity contribution in [2.75, 3.05) is 13.1 Å². The molecule has 0 atom stereocenters. The topological polar surface area (TPSA) is 25.2 Å². The fraction of sp³-hybridized carbons (Fsp3) is 0.438. The zero-order valence-electron chi connectivity index (χ0n) is 11.4. The first-order valence-electron chi connectivity index (χ1n) is 7.06. The van der Waals surface area contributed by atoms with E-state index in [0.717, 1.165) is 38.8 Å². The number of hydrogen-bond donors (Lipinski definition) is 0. The Labute approximate surface area is 113 Å². The molecular formula is C16H20N2O. The van der Waals surface area contributed by atoms with Crippen LogP contribution in [-0.4, -0.2) is 28.5 Å². The van der Waals surface area contributed by atoms with Crippen LogP contribution in [0.5, 0.6) is 0 Å². The maximum absolute atomic E-state index is 11.8. The molecule has 3 rings (SSSR count). The summed E-state index contributed by atoms with van der Waals surface area (Å²) in [5.41, 5.74) is 2.61. The van der Waals surface area contributed by atoms with Gasteiger partial charge in [-0.15, -0.1) is 0 Å². The molecule has 1 aliphatic heterocycles. The van der Waals surface area contributed by atoms with Gasteiger partial charge in [-0.25, -0.2) is 0 Å². The Kier molecular flexibility index (Phi) is 3.28. The average Bonchev–Trinajstić information content (AvgIpc) is 2.75. The van der Waals surface area contributed by atoms with Crippen LogP contribution >= 0.6 is 0 Å². The number of carbonyl (C=O) groups is 1. The van der Waals surface area contributed by atoms with Gasteiger partial charge in [0, 0.05) is 43.7 Å². The van der Waals surface area contributed by atoms with Crippen molar-refractivity contribution in [2.45, 2.75) is 25.7 Å². The van der Waals surface area contributed by atoms with Gasteiger partial charge in [0.15, 0.2) is 0 Å². The molecular weight excluding hydrogens is 236 g/mol. The Hall–Kier alpha value is -1.77. The molecule has 1 amide bonds. The van der Waals surface area contributed by atoms with Crippen LogP contribution in [0.3, 0.4) is 0 Å². The summed E-state index contributed by atoms with van der Waals surface area (Å²) < 4.78 is 2.17. The lowest BCUT2D eigenvalue weighted by Crippen LogP contribution is -2.36. The molecule has 100 valence electrons. The number of aromatic nitrogens is 1. The first-order chi connectivity index (χ1) is 9.25. The molecule has 0 bridgehead atoms. The van der Waals surface area contributed by atoms with E-state index in [9.17, 15) is 4.79 Å². The van der Waals surface area contributed by atoms with Crippen molar-refractivity contribution >= 4 is 16.8 Å². The molecule has 3 heteroatoms. The van der Waals surface area contributed by atoms with Crippen LogP contribution in [-0.2, 0) is 18.3 Å². The Morgan fingerprint density at radius 2 is 2.05 bits per heavy atom. The number of rotatable bonds is 3. The van der Waals surface area contributed by atoms with Crippen molar-refractivity contribution in [1.29, 1.82) is 0 Å². The van der Waals surface area contributed by atoms with E-state index in [-0.39, 0.29) is 0 Å². The van der Waals surface area contributed by atoms with Crippen molar-refractivity contribution in [3.05, 3.63) is 36.0 Å². The van der Waals surface area contributed by atoms with Gasteiger partial charge in [-0.2, -0.15) is 0 Å². The van der Waals surface area contributed by atoms with Gasteiger partial charge in [-0.3, -0.25) is 4.79 Å². The summed E-state index contributed by atoms with van der Waals surface area (Å²) in [5, 5.41) is 1.31. The maximum atomic E-state index is 11.8. The quantitative estimate of drug-likeness (QED) is 0.829. The number of likely N-dealkylation sites (tertiary alicyclic amines) is 1. The molecule has 1 saturated heterocycles. The van der Waals surface area contributed by atoms with E-state index >= 15 is 0 Å². The Morgan fingerprint density at radius 1 is 1.21 bits per heavy atom. The standard InChI is InChI=1S/C16H20N2O/c1-17-12-13(14-6-2-3-7-15(14)17)9-11-18-10-5-4-8-16(18)19/h2-3,6-7,12H,4-5,8-11H2,1H3. The molecule has 0 unspecified atom stereocenters. The predicted octanol–water partition coefficient (Wildman–Crippen LogP) is 2.73. The van der Waals surface area contributed by atoms with Gasteiger partial charge in [0.25, 0.3) is 0 Å². The zero-order valence-corrected chi connectivity index (χ0v) is 11.4. The van der Waals surface area contributed by atoms with E-state index in [4.69, 9.17) is 0 Å². The van der Waals surface area contributed by atoms with Gasteiger partial charge in [0.2, 0.25) is 5.91 Å². The number of aryl methyl sites for hydroxylation is 1. The molecule has 1 aliphatic rings. The minimum Gasteiger partial charge on any atom is -0.350 e. The molecule has 0 saturated carbocycles. The second kappa shape index (κ2) is 5.08. The minimum absolute atomic E-state index is 0.325. The van der Waals surface area contributed by atoms with Crippen LogP contribution in [0.25, 0.3) is 10.9 Å². The molecule has 1 aromatic carbocycles. The molecule has 0 N–H and O–H groups in total. The molecule has 0 aliphatic carbocycles. The van der Waals surface area contributed by atoms with Crippen molar-refractivity contribution in [2.24, 2.45) is 7.05 Å². The molecule has 3 nitrogen and oxygen atoms in total. The van der Waals surface area contributed by atoms with E-state index in [2.05, 4.69) is 42.1 Å². The number of nitrogens with zero attached hydrogens (tertiary/aromatic N) is 2. The SMILES string of the molecule is Cn1cc(CCN2CCCCC2=O)c2ccccc21. The fourth-order valence-corrected chi connectivity index (χ4v) is 2.98. The van der Waals surface area contributed by atoms with E-state index < -0.39 is 0 Å². The van der Waals surface area contributed by atoms with E-state index in [1.165, 1.54) is 16.5 Å². The lowest BCUT2D eigenvalue weighted by atomic mass is 10.1. The highest BCUT2D eigenvalue weighted by molar-refractivity contribution is 5.84. The Morgan fingerprint density at radius 3 is 2.89 bits per heavy atom. The van der Waals surface area contributed by atoms with Crippen LogP contribution in [0.4, 0.5) is 0 Å². The number of fused-ring (bicyclic) bond motifs is 1. The fourth-order valence-electron chi connectivity index (χ4n) is 2.98. The molecule has 2 heterocycles. The van der Waals surface area contributed by atoms with Crippen molar-refractivity contribution < 1.29 is 4.79 Å². The van der Waals surface area contributed by atoms with Crippen LogP contribution < -0.4 is 0 Å². The summed E-state index contributed by atoms with van der Waals surface area (Å²) >= 11 is 0. The summed E-state index contributed by atoms with van der Waals surface area (Å²) in [7, 11) is 2.08. The summed E-state index contributed by atoms with van der Waals surface area (Å²) in [5.74, 6) is 0.325. The number of carbonyl (C=O) groups excluding carboxylic acids is 1. The number of benzene rings is 1. The molecule has 0 radical (unpaired) electrons. The third-order valence-electron chi connectivity index (χ3n) is 4.05. The van der Waals surface area contributed by atoms with Gasteiger partial charge < -0.3 is 9.47 Å². The highest BCUT2D eigenvalue weighted by Crippen LogP contribution is 2.21. The lowest BCUT2D eigenvalue weighted by molar-refractivity contribution is -0.133. The first kappa shape index (κ1) is 12.3. The molecule has 19 heavy (non-hydrogen) atoms. The van der Waals surface area contributed by atoms with E-state index in [1.807, 2.05) is 4.90 Å². The normalized spacial score (nSPS) is 16.3. The van der Waals surface area contributed by atoms with Gasteiger partial charge in [-0.05, 0) is 30.9 Å². The van der Waals surface area contributed by atoms with E-state index in [0.29, 0.717) is 5.91 Å². The van der Waals surface area contributed by atoms with Crippen LogP contribution in [0.15, 0.2) is 30.5 Å². The highest BCUT2D eigenvalue weighted by atomic mass is 16.2. The largest absolute Gasteiger partial charge is 0.350 e. The smallest absolute Gasteiger partial charge is 0.222 e. The van der Waals surface area contributed by atoms with Crippen LogP contribution in [0.2, 0.25) is 0 Å². The lowest BCUT2D eigenvalue weighted by Gasteiger charge is -2.26. The predicted molar refractivity (Wildman–Crippen MR) is 77.1 cm³/mol. The number of amides is 1. The van der Waals surface area contributed by atoms with Crippen molar-refractivity contribution in [1.82, 2.24) is 9.47 Å². The van der Waals surface area contributed by atoms with Crippen molar-refractivity contribution in [3.63, 3.8) is 0 Å². The van der Waals surface area contributed by atoms with Gasteiger partial charge in [0.1, 0.15) is 0 Å².